The van der Waals surface area contributed by atoms with E-state index in [0.29, 0.717) is 6.42 Å². The van der Waals surface area contributed by atoms with Crippen molar-refractivity contribution in [1.29, 1.82) is 0 Å². The summed E-state index contributed by atoms with van der Waals surface area (Å²) in [5.41, 5.74) is 6.17. The molecular weight excluding hydrogens is 281 g/mol. The lowest BCUT2D eigenvalue weighted by atomic mass is 10.1. The van der Waals surface area contributed by atoms with E-state index in [9.17, 15) is 12.8 Å². The predicted molar refractivity (Wildman–Crippen MR) is 73.9 cm³/mol. The highest BCUT2D eigenvalue weighted by Crippen LogP contribution is 2.10. The lowest BCUT2D eigenvalue weighted by molar-refractivity contribution is 0.581. The van der Waals surface area contributed by atoms with E-state index in [1.54, 1.807) is 12.1 Å². The van der Waals surface area contributed by atoms with Crippen LogP contribution in [0.2, 0.25) is 0 Å². The van der Waals surface area contributed by atoms with Crippen molar-refractivity contribution >= 4 is 15.8 Å². The van der Waals surface area contributed by atoms with Crippen LogP contribution in [0.1, 0.15) is 5.56 Å². The Morgan fingerprint density at radius 2 is 2.05 bits per heavy atom. The Balaban J connectivity index is 2.00. The molecule has 0 bridgehead atoms. The molecule has 0 fully saturated rings. The van der Waals surface area contributed by atoms with Crippen LogP contribution in [0.25, 0.3) is 0 Å². The van der Waals surface area contributed by atoms with Crippen molar-refractivity contribution in [3.8, 4) is 0 Å². The molecule has 1 heterocycles. The summed E-state index contributed by atoms with van der Waals surface area (Å²) in [7, 11) is -3.63. The van der Waals surface area contributed by atoms with Gasteiger partial charge in [-0.05, 0) is 30.2 Å². The Hall–Kier alpha value is -1.99. The quantitative estimate of drug-likeness (QED) is 0.871. The van der Waals surface area contributed by atoms with Gasteiger partial charge in [-0.3, -0.25) is 0 Å². The molecule has 1 aromatic heterocycles. The molecule has 0 atom stereocenters. The number of nitrogen functional groups attached to an aromatic ring is 1. The molecule has 0 aliphatic heterocycles. The zero-order valence-corrected chi connectivity index (χ0v) is 11.4. The third-order valence-corrected chi connectivity index (χ3v) is 4.12. The van der Waals surface area contributed by atoms with E-state index in [-0.39, 0.29) is 23.1 Å². The Kier molecular flexibility index (Phi) is 4.31. The van der Waals surface area contributed by atoms with E-state index in [1.165, 1.54) is 30.5 Å². The van der Waals surface area contributed by atoms with Crippen molar-refractivity contribution in [2.24, 2.45) is 0 Å². The number of nitrogens with two attached hydrogens (primary N) is 1. The number of nitrogens with zero attached hydrogens (tertiary/aromatic N) is 1. The molecule has 0 radical (unpaired) electrons. The van der Waals surface area contributed by atoms with Gasteiger partial charge >= 0.3 is 0 Å². The second-order valence-corrected chi connectivity index (χ2v) is 5.96. The molecule has 2 aromatic rings. The Morgan fingerprint density at radius 1 is 1.25 bits per heavy atom. The van der Waals surface area contributed by atoms with Crippen LogP contribution in [-0.4, -0.2) is 19.9 Å². The Labute approximate surface area is 116 Å². The van der Waals surface area contributed by atoms with Crippen molar-refractivity contribution in [3.05, 3.63) is 54.0 Å². The maximum absolute atomic E-state index is 13.0. The average Bonchev–Trinajstić information content (AvgIpc) is 2.38. The first kappa shape index (κ1) is 14.4. The molecule has 20 heavy (non-hydrogen) atoms. The van der Waals surface area contributed by atoms with Gasteiger partial charge in [0.05, 0.1) is 4.90 Å². The number of anilines is 1. The first-order valence-electron chi connectivity index (χ1n) is 5.93. The summed E-state index contributed by atoms with van der Waals surface area (Å²) in [6.45, 7) is 0.175. The molecule has 1 aromatic carbocycles. The molecule has 7 heteroatoms. The first-order chi connectivity index (χ1) is 9.47. The summed E-state index contributed by atoms with van der Waals surface area (Å²) in [5, 5.41) is 0. The van der Waals surface area contributed by atoms with Gasteiger partial charge in [-0.1, -0.05) is 12.1 Å². The maximum atomic E-state index is 13.0. The van der Waals surface area contributed by atoms with Gasteiger partial charge in [0.15, 0.2) is 0 Å². The first-order valence-corrected chi connectivity index (χ1v) is 7.41. The van der Waals surface area contributed by atoms with E-state index < -0.39 is 10.0 Å². The molecule has 0 saturated carbocycles. The van der Waals surface area contributed by atoms with Gasteiger partial charge < -0.3 is 5.73 Å². The van der Waals surface area contributed by atoms with Crippen molar-refractivity contribution in [2.75, 3.05) is 12.3 Å². The smallest absolute Gasteiger partial charge is 0.240 e. The summed E-state index contributed by atoms with van der Waals surface area (Å²) >= 11 is 0. The number of hydrogen-bond acceptors (Lipinski definition) is 4. The number of hydrogen-bond donors (Lipinski definition) is 2. The fraction of sp³-hybridized carbons (Fsp3) is 0.154. The van der Waals surface area contributed by atoms with Crippen molar-refractivity contribution in [1.82, 2.24) is 9.71 Å². The molecule has 2 rings (SSSR count). The zero-order valence-electron chi connectivity index (χ0n) is 10.6. The molecule has 0 unspecified atom stereocenters. The predicted octanol–water partition coefficient (Wildman–Crippen LogP) is 1.32. The van der Waals surface area contributed by atoms with Crippen molar-refractivity contribution in [2.45, 2.75) is 11.3 Å². The minimum atomic E-state index is -3.63. The lowest BCUT2D eigenvalue weighted by Gasteiger charge is -2.07. The van der Waals surface area contributed by atoms with Crippen LogP contribution in [-0.2, 0) is 16.4 Å². The molecule has 0 aliphatic rings. The zero-order chi connectivity index (χ0) is 14.6. The van der Waals surface area contributed by atoms with Gasteiger partial charge in [-0.15, -0.1) is 0 Å². The summed E-state index contributed by atoms with van der Waals surface area (Å²) in [4.78, 5) is 3.79. The number of halogens is 1. The van der Waals surface area contributed by atoms with Crippen LogP contribution in [0, 0.1) is 5.82 Å². The number of aromatic nitrogens is 1. The van der Waals surface area contributed by atoms with E-state index in [2.05, 4.69) is 9.71 Å². The number of sulfonamides is 1. The van der Waals surface area contributed by atoms with Gasteiger partial charge in [0.1, 0.15) is 11.6 Å². The van der Waals surface area contributed by atoms with Gasteiger partial charge in [0.2, 0.25) is 10.0 Å². The largest absolute Gasteiger partial charge is 0.384 e. The minimum absolute atomic E-state index is 0.0595. The van der Waals surface area contributed by atoms with Gasteiger partial charge in [0, 0.05) is 18.8 Å². The Bertz CT molecular complexity index is 704. The molecule has 0 spiro atoms. The van der Waals surface area contributed by atoms with Crippen molar-refractivity contribution < 1.29 is 12.8 Å². The maximum Gasteiger partial charge on any atom is 0.240 e. The highest BCUT2D eigenvalue weighted by Gasteiger charge is 2.13. The van der Waals surface area contributed by atoms with Crippen LogP contribution < -0.4 is 10.5 Å². The van der Waals surface area contributed by atoms with E-state index in [0.717, 1.165) is 5.56 Å². The highest BCUT2D eigenvalue weighted by molar-refractivity contribution is 7.89. The second kappa shape index (κ2) is 5.98. The third-order valence-electron chi connectivity index (χ3n) is 2.66. The molecule has 106 valence electrons. The monoisotopic (exact) mass is 295 g/mol. The van der Waals surface area contributed by atoms with Crippen LogP contribution in [0.5, 0.6) is 0 Å². The van der Waals surface area contributed by atoms with Gasteiger partial charge in [-0.25, -0.2) is 22.5 Å². The number of benzene rings is 1. The topological polar surface area (TPSA) is 85.1 Å². The summed E-state index contributed by atoms with van der Waals surface area (Å²) in [6.07, 6.45) is 1.73. The van der Waals surface area contributed by atoms with Crippen LogP contribution >= 0.6 is 0 Å². The van der Waals surface area contributed by atoms with E-state index in [1.807, 2.05) is 0 Å². The lowest BCUT2D eigenvalue weighted by Crippen LogP contribution is -2.26. The molecule has 0 saturated heterocycles. The molecular formula is C13H14FN3O2S. The fourth-order valence-corrected chi connectivity index (χ4v) is 2.75. The molecule has 0 aliphatic carbocycles. The van der Waals surface area contributed by atoms with E-state index >= 15 is 0 Å². The Morgan fingerprint density at radius 3 is 2.75 bits per heavy atom. The highest BCUT2D eigenvalue weighted by atomic mass is 32.2. The minimum Gasteiger partial charge on any atom is -0.384 e. The normalized spacial score (nSPS) is 11.4. The van der Waals surface area contributed by atoms with Gasteiger partial charge in [0.25, 0.3) is 0 Å². The number of nitrogens with one attached hydrogen (secondary N) is 1. The fourth-order valence-electron chi connectivity index (χ4n) is 1.70. The summed E-state index contributed by atoms with van der Waals surface area (Å²) in [6, 6.07) is 8.68. The summed E-state index contributed by atoms with van der Waals surface area (Å²) in [5.74, 6) is -0.203. The van der Waals surface area contributed by atoms with Crippen molar-refractivity contribution in [3.63, 3.8) is 0 Å². The SMILES string of the molecule is Nc1cc(S(=O)(=O)NCCc2cccc(F)c2)ccn1. The second-order valence-electron chi connectivity index (χ2n) is 4.19. The average molecular weight is 295 g/mol. The van der Waals surface area contributed by atoms with Crippen LogP contribution in [0.3, 0.4) is 0 Å². The van der Waals surface area contributed by atoms with Crippen LogP contribution in [0.4, 0.5) is 10.2 Å². The summed E-state index contributed by atoms with van der Waals surface area (Å²) < 4.78 is 39.4. The molecule has 3 N–H and O–H groups in total. The number of rotatable bonds is 5. The molecule has 0 amide bonds. The van der Waals surface area contributed by atoms with Gasteiger partial charge in [-0.2, -0.15) is 0 Å². The number of pyridine rings is 1. The van der Waals surface area contributed by atoms with E-state index in [4.69, 9.17) is 5.73 Å². The molecule has 5 nitrogen and oxygen atoms in total. The third kappa shape index (κ3) is 3.75. The standard InChI is InChI=1S/C13H14FN3O2S/c14-11-3-1-2-10(8-11)4-7-17-20(18,19)12-5-6-16-13(15)9-12/h1-3,5-6,8-9,17H,4,7H2,(H2,15,16). The van der Waals surface area contributed by atoms with Crippen LogP contribution in [0.15, 0.2) is 47.5 Å².